The maximum absolute atomic E-state index is 3.78. The molecule has 0 unspecified atom stereocenters. The third-order valence-corrected chi connectivity index (χ3v) is 8.07. The molecule has 2 aromatic rings. The van der Waals surface area contributed by atoms with Crippen LogP contribution in [0.3, 0.4) is 0 Å². The van der Waals surface area contributed by atoms with E-state index in [0.717, 1.165) is 12.8 Å². The standard InChI is InChI=1S/C14H14IS2/c1-3-5-11-7-9-13(16-11)15-14-10-8-12(17-14)6-4-2/h3-4,7-10H,1-2,5-6H2/q+1. The van der Waals surface area contributed by atoms with Crippen molar-refractivity contribution in [3.63, 3.8) is 0 Å². The summed E-state index contributed by atoms with van der Waals surface area (Å²) in [7, 11) is 0. The molecule has 0 saturated heterocycles. The van der Waals surface area contributed by atoms with E-state index in [1.54, 1.807) is 5.77 Å². The SMILES string of the molecule is C=CCc1ccc([I+]c2ccc(CC=C)s2)s1. The van der Waals surface area contributed by atoms with Gasteiger partial charge in [-0.3, -0.25) is 0 Å². The maximum atomic E-state index is 3.78. The number of rotatable bonds is 6. The van der Waals surface area contributed by atoms with Crippen LogP contribution in [-0.2, 0) is 12.8 Å². The van der Waals surface area contributed by atoms with Crippen LogP contribution in [0.1, 0.15) is 9.75 Å². The van der Waals surface area contributed by atoms with Gasteiger partial charge in [-0.25, -0.2) is 0 Å². The van der Waals surface area contributed by atoms with Gasteiger partial charge in [0.25, 0.3) is 0 Å². The highest BCUT2D eigenvalue weighted by Crippen LogP contribution is 2.11. The minimum absolute atomic E-state index is 0.0160. The zero-order chi connectivity index (χ0) is 12.1. The second-order valence-electron chi connectivity index (χ2n) is 3.49. The van der Waals surface area contributed by atoms with Crippen LogP contribution in [0.4, 0.5) is 0 Å². The molecule has 0 radical (unpaired) electrons. The largest absolute Gasteiger partial charge is 0.381 e. The molecule has 0 atom stereocenters. The number of allylic oxidation sites excluding steroid dienone is 2. The Morgan fingerprint density at radius 2 is 1.35 bits per heavy atom. The molecule has 0 amide bonds. The Balaban J connectivity index is 2.02. The van der Waals surface area contributed by atoms with E-state index in [2.05, 4.69) is 37.4 Å². The Hall–Kier alpha value is -0.390. The predicted octanol–water partition coefficient (Wildman–Crippen LogP) is 1.39. The summed E-state index contributed by atoms with van der Waals surface area (Å²) in [5.74, 6) is 0. The Labute approximate surface area is 121 Å². The second-order valence-corrected chi connectivity index (χ2v) is 10.2. The fourth-order valence-corrected chi connectivity index (χ4v) is 7.97. The summed E-state index contributed by atoms with van der Waals surface area (Å²) in [6.45, 7) is 7.56. The molecule has 2 rings (SSSR count). The lowest BCUT2D eigenvalue weighted by Gasteiger charge is -1.82. The van der Waals surface area contributed by atoms with E-state index >= 15 is 0 Å². The molecule has 0 saturated carbocycles. The first kappa shape index (κ1) is 13.1. The van der Waals surface area contributed by atoms with Crippen molar-refractivity contribution in [3.05, 3.63) is 65.1 Å². The summed E-state index contributed by atoms with van der Waals surface area (Å²) < 4.78 is 3.10. The van der Waals surface area contributed by atoms with Crippen LogP contribution >= 0.6 is 22.7 Å². The molecule has 3 heteroatoms. The molecule has 0 N–H and O–H groups in total. The number of hydrogen-bond acceptors (Lipinski definition) is 2. The van der Waals surface area contributed by atoms with Gasteiger partial charge in [-0.2, -0.15) is 0 Å². The van der Waals surface area contributed by atoms with Crippen LogP contribution in [-0.4, -0.2) is 0 Å². The van der Waals surface area contributed by atoms with Crippen LogP contribution in [0.25, 0.3) is 0 Å². The van der Waals surface area contributed by atoms with Gasteiger partial charge >= 0.3 is 21.2 Å². The summed E-state index contributed by atoms with van der Waals surface area (Å²) in [4.78, 5) is 2.86. The molecule has 2 aromatic heterocycles. The number of halogens is 1. The van der Waals surface area contributed by atoms with E-state index in [9.17, 15) is 0 Å². The van der Waals surface area contributed by atoms with Gasteiger partial charge in [-0.1, -0.05) is 34.8 Å². The topological polar surface area (TPSA) is 0 Å². The Kier molecular flexibility index (Phi) is 5.00. The molecule has 0 aromatic carbocycles. The third kappa shape index (κ3) is 3.79. The van der Waals surface area contributed by atoms with E-state index in [-0.39, 0.29) is 21.2 Å². The fourth-order valence-electron chi connectivity index (χ4n) is 1.40. The van der Waals surface area contributed by atoms with Crippen molar-refractivity contribution < 1.29 is 21.2 Å². The smallest absolute Gasteiger partial charge is 0.103 e. The fraction of sp³-hybridized carbons (Fsp3) is 0.143. The first-order valence-corrected chi connectivity index (χ1v) is 9.15. The quantitative estimate of drug-likeness (QED) is 0.531. The first-order valence-electron chi connectivity index (χ1n) is 5.36. The lowest BCUT2D eigenvalue weighted by Crippen LogP contribution is -3.61. The molecule has 0 fully saturated rings. The Morgan fingerprint density at radius 1 is 0.882 bits per heavy atom. The molecule has 0 aliphatic heterocycles. The molecule has 17 heavy (non-hydrogen) atoms. The van der Waals surface area contributed by atoms with Crippen LogP contribution in [0.5, 0.6) is 0 Å². The lowest BCUT2D eigenvalue weighted by atomic mass is 10.3. The minimum atomic E-state index is 0.0160. The monoisotopic (exact) mass is 373 g/mol. The van der Waals surface area contributed by atoms with E-state index in [4.69, 9.17) is 0 Å². The van der Waals surface area contributed by atoms with E-state index in [0.29, 0.717) is 0 Å². The van der Waals surface area contributed by atoms with Gasteiger partial charge in [0.1, 0.15) is 0 Å². The molecule has 0 aliphatic carbocycles. The molecule has 0 bridgehead atoms. The molecular weight excluding hydrogens is 359 g/mol. The molecular formula is C14H14IS2+. The second kappa shape index (κ2) is 6.52. The van der Waals surface area contributed by atoms with Crippen molar-refractivity contribution in [1.29, 1.82) is 0 Å². The highest BCUT2D eigenvalue weighted by Gasteiger charge is 2.20. The van der Waals surface area contributed by atoms with E-state index in [1.165, 1.54) is 9.75 Å². The highest BCUT2D eigenvalue weighted by molar-refractivity contribution is 7.10. The van der Waals surface area contributed by atoms with Gasteiger partial charge in [-0.15, -0.1) is 13.2 Å². The summed E-state index contributed by atoms with van der Waals surface area (Å²) >= 11 is 3.89. The van der Waals surface area contributed by atoms with Crippen molar-refractivity contribution in [1.82, 2.24) is 0 Å². The third-order valence-electron chi connectivity index (χ3n) is 2.14. The van der Waals surface area contributed by atoms with Gasteiger partial charge in [-0.05, 0) is 25.0 Å². The van der Waals surface area contributed by atoms with Crippen LogP contribution in [0.15, 0.2) is 49.6 Å². The van der Waals surface area contributed by atoms with Crippen molar-refractivity contribution in [2.24, 2.45) is 0 Å². The number of hydrogen-bond donors (Lipinski definition) is 0. The molecule has 2 heterocycles. The minimum Gasteiger partial charge on any atom is -0.103 e. The first-order chi connectivity index (χ1) is 8.31. The zero-order valence-corrected chi connectivity index (χ0v) is 13.3. The van der Waals surface area contributed by atoms with Crippen LogP contribution in [0, 0.1) is 5.77 Å². The maximum Gasteiger partial charge on any atom is 0.381 e. The molecule has 0 spiro atoms. The average molecular weight is 373 g/mol. The molecule has 0 aliphatic rings. The lowest BCUT2D eigenvalue weighted by molar-refractivity contribution is -0.585. The average Bonchev–Trinajstić information content (AvgIpc) is 2.91. The number of thiophene rings is 2. The Morgan fingerprint density at radius 3 is 1.76 bits per heavy atom. The van der Waals surface area contributed by atoms with E-state index < -0.39 is 0 Å². The molecule has 88 valence electrons. The zero-order valence-electron chi connectivity index (χ0n) is 9.49. The van der Waals surface area contributed by atoms with Gasteiger partial charge in [0.15, 0.2) is 0 Å². The van der Waals surface area contributed by atoms with Crippen LogP contribution in [0.2, 0.25) is 0 Å². The predicted molar refractivity (Wildman–Crippen MR) is 73.8 cm³/mol. The molecule has 0 nitrogen and oxygen atoms in total. The Bertz CT molecular complexity index is 462. The summed E-state index contributed by atoms with van der Waals surface area (Å²) in [5.41, 5.74) is 0. The van der Waals surface area contributed by atoms with Gasteiger partial charge < -0.3 is 0 Å². The van der Waals surface area contributed by atoms with Crippen molar-refractivity contribution in [2.75, 3.05) is 0 Å². The highest BCUT2D eigenvalue weighted by atomic mass is 127. The van der Waals surface area contributed by atoms with Gasteiger partial charge in [0.2, 0.25) is 5.77 Å². The summed E-state index contributed by atoms with van der Waals surface area (Å²) in [6, 6.07) is 9.03. The van der Waals surface area contributed by atoms with Gasteiger partial charge in [0, 0.05) is 21.9 Å². The summed E-state index contributed by atoms with van der Waals surface area (Å²) in [5, 5.41) is 0. The normalized spacial score (nSPS) is 10.4. The van der Waals surface area contributed by atoms with Crippen molar-refractivity contribution in [2.45, 2.75) is 12.8 Å². The summed E-state index contributed by atoms with van der Waals surface area (Å²) in [6.07, 6.45) is 5.95. The van der Waals surface area contributed by atoms with Crippen molar-refractivity contribution in [3.8, 4) is 0 Å². The van der Waals surface area contributed by atoms with E-state index in [1.807, 2.05) is 34.8 Å². The van der Waals surface area contributed by atoms with Crippen molar-refractivity contribution >= 4 is 22.7 Å². The van der Waals surface area contributed by atoms with Gasteiger partial charge in [0.05, 0.1) is 0 Å². The van der Waals surface area contributed by atoms with Crippen LogP contribution < -0.4 is 21.2 Å².